The largest absolute Gasteiger partial charge is 1.00 e. The van der Waals surface area contributed by atoms with Gasteiger partial charge in [-0.15, -0.1) is 0 Å². The first-order valence-electron chi connectivity index (χ1n) is 9.39. The number of nitrogens with zero attached hydrogens (tertiary/aromatic N) is 3. The highest BCUT2D eigenvalue weighted by Crippen LogP contribution is 2.24. The van der Waals surface area contributed by atoms with Crippen molar-refractivity contribution < 1.29 is 34.2 Å². The molecule has 0 saturated carbocycles. The van der Waals surface area contributed by atoms with Gasteiger partial charge in [0, 0.05) is 17.7 Å². The topological polar surface area (TPSA) is 96.5 Å². The van der Waals surface area contributed by atoms with Gasteiger partial charge in [0.2, 0.25) is 0 Å². The van der Waals surface area contributed by atoms with Gasteiger partial charge in [0.1, 0.15) is 6.54 Å². The van der Waals surface area contributed by atoms with Gasteiger partial charge in [0.05, 0.1) is 17.2 Å². The predicted octanol–water partition coefficient (Wildman–Crippen LogP) is -0.182. The molecule has 3 rings (SSSR count). The van der Waals surface area contributed by atoms with Crippen LogP contribution < -0.4 is 34.7 Å². The zero-order valence-electron chi connectivity index (χ0n) is 16.2. The van der Waals surface area contributed by atoms with Gasteiger partial charge in [-0.2, -0.15) is 5.10 Å². The first-order valence-corrected chi connectivity index (χ1v) is 9.39. The van der Waals surface area contributed by atoms with E-state index in [1.54, 1.807) is 12.1 Å². The molecule has 1 heterocycles. The molecule has 0 aromatic heterocycles. The lowest BCUT2D eigenvalue weighted by molar-refractivity contribution is -0.531. The number of quaternary nitrogens is 1. The molecule has 0 fully saturated rings. The second-order valence-electron chi connectivity index (χ2n) is 6.46. The molecule has 0 atom stereocenters. The third-order valence-electron chi connectivity index (χ3n) is 4.33. The number of allylic oxidation sites excluding steroid dienone is 1. The lowest BCUT2D eigenvalue weighted by Crippen LogP contribution is -3.00. The van der Waals surface area contributed by atoms with Crippen LogP contribution >= 0.6 is 0 Å². The molecule has 1 aliphatic heterocycles. The Hall–Kier alpha value is -2.59. The second-order valence-corrected chi connectivity index (χ2v) is 6.46. The molecule has 0 aliphatic carbocycles. The van der Waals surface area contributed by atoms with E-state index in [2.05, 4.69) is 22.4 Å². The van der Waals surface area contributed by atoms with E-state index in [1.807, 2.05) is 47.8 Å². The molecule has 0 spiro atoms. The third kappa shape index (κ3) is 6.47. The first-order chi connectivity index (χ1) is 13.7. The van der Waals surface area contributed by atoms with Crippen molar-refractivity contribution in [3.8, 4) is 0 Å². The van der Waals surface area contributed by atoms with Crippen LogP contribution in [0, 0.1) is 10.1 Å². The third-order valence-corrected chi connectivity index (χ3v) is 4.33. The molecular weight excluding hydrogens is 481 g/mol. The minimum Gasteiger partial charge on any atom is -1.00 e. The number of hydrogen-bond acceptors (Lipinski definition) is 5. The lowest BCUT2D eigenvalue weighted by atomic mass is 9.96. The van der Waals surface area contributed by atoms with Crippen LogP contribution in [0.2, 0.25) is 0 Å². The van der Waals surface area contributed by atoms with Crippen molar-refractivity contribution in [3.63, 3.8) is 0 Å². The van der Waals surface area contributed by atoms with Crippen molar-refractivity contribution >= 4 is 29.0 Å². The number of nitrogens with one attached hydrogen (secondary N) is 1. The number of hydrogen-bond donors (Lipinski definition) is 2. The number of non-ortho nitro benzene ring substituents is 1. The molecule has 152 valence electrons. The van der Waals surface area contributed by atoms with Crippen molar-refractivity contribution in [1.82, 2.24) is 5.43 Å². The summed E-state index contributed by atoms with van der Waals surface area (Å²) in [5.74, 6) is 0.788. The summed E-state index contributed by atoms with van der Waals surface area (Å²) in [5, 5.41) is 17.8. The Labute approximate surface area is 187 Å². The Balaban J connectivity index is 0.00000300. The summed E-state index contributed by atoms with van der Waals surface area (Å²) in [5.41, 5.74) is 6.75. The van der Waals surface area contributed by atoms with Crippen LogP contribution in [-0.2, 0) is 0 Å². The van der Waals surface area contributed by atoms with Gasteiger partial charge in [-0.05, 0) is 23.6 Å². The number of nitro benzene ring substituents is 1. The molecule has 0 radical (unpaired) electrons. The van der Waals surface area contributed by atoms with E-state index in [1.165, 1.54) is 6.07 Å². The number of benzene rings is 2. The number of hydrazone groups is 1. The number of halogens is 1. The zero-order valence-corrected chi connectivity index (χ0v) is 18.4. The van der Waals surface area contributed by atoms with Crippen LogP contribution in [0.4, 0.5) is 5.69 Å². The summed E-state index contributed by atoms with van der Waals surface area (Å²) in [6.45, 7) is 3.82. The first kappa shape index (κ1) is 22.7. The summed E-state index contributed by atoms with van der Waals surface area (Å²) in [6, 6.07) is 16.6. The molecule has 0 amide bonds. The van der Waals surface area contributed by atoms with E-state index in [9.17, 15) is 10.1 Å². The van der Waals surface area contributed by atoms with E-state index in [4.69, 9.17) is 0 Å². The van der Waals surface area contributed by atoms with E-state index < -0.39 is 0 Å². The molecule has 2 aromatic rings. The zero-order chi connectivity index (χ0) is 19.8. The average molecular weight is 505 g/mol. The molecule has 8 heteroatoms. The smallest absolute Gasteiger partial charge is 0.315 e. The minimum atomic E-state index is -0.379. The fourth-order valence-corrected chi connectivity index (χ4v) is 2.99. The maximum atomic E-state index is 11.1. The van der Waals surface area contributed by atoms with Crippen LogP contribution in [0.1, 0.15) is 30.9 Å². The van der Waals surface area contributed by atoms with Crippen molar-refractivity contribution in [3.05, 3.63) is 75.8 Å². The molecule has 0 unspecified atom stereocenters. The predicted molar refractivity (Wildman–Crippen MR) is 112 cm³/mol. The van der Waals surface area contributed by atoms with Gasteiger partial charge in [-0.25, -0.2) is 10.4 Å². The maximum absolute atomic E-state index is 11.1. The normalized spacial score (nSPS) is 14.2. The van der Waals surface area contributed by atoms with Crippen molar-refractivity contribution in [1.29, 1.82) is 0 Å². The molecule has 1 aliphatic rings. The highest BCUT2D eigenvalue weighted by molar-refractivity contribution is 6.28. The van der Waals surface area contributed by atoms with Gasteiger partial charge >= 0.3 is 5.96 Å². The molecule has 2 aromatic carbocycles. The van der Waals surface area contributed by atoms with Crippen molar-refractivity contribution in [2.75, 3.05) is 13.1 Å². The standard InChI is InChI=1S/C21H23N5O2.HI/c1-2-7-20(24-25-21-22-12-13-23-21)19(17-9-4-3-5-10-17)15-16-8-6-11-18(14-16)26(27)28;/h3-6,8-11,14-15H,2,7,12-13H2,1H3,(H2,22,23,25);1H/b19-15-,24-20+;. The number of guanidine groups is 1. The van der Waals surface area contributed by atoms with E-state index in [0.717, 1.165) is 54.3 Å². The quantitative estimate of drug-likeness (QED) is 0.180. The van der Waals surface area contributed by atoms with E-state index in [0.29, 0.717) is 0 Å². The van der Waals surface area contributed by atoms with Crippen LogP contribution in [0.25, 0.3) is 11.6 Å². The maximum Gasteiger partial charge on any atom is 0.315 e. The SMILES string of the molecule is CCCC(=N\NC1=NCC[NH2+]1)/C(=C\c1cccc([N+](=O)[O-])c1)c1ccccc1.[I-]. The Morgan fingerprint density at radius 3 is 2.72 bits per heavy atom. The summed E-state index contributed by atoms with van der Waals surface area (Å²) in [6.07, 6.45) is 3.66. The van der Waals surface area contributed by atoms with Crippen molar-refractivity contribution in [2.24, 2.45) is 10.1 Å². The summed E-state index contributed by atoms with van der Waals surface area (Å²) in [4.78, 5) is 15.1. The Bertz CT molecular complexity index is 926. The van der Waals surface area contributed by atoms with Crippen molar-refractivity contribution in [2.45, 2.75) is 19.8 Å². The average Bonchev–Trinajstić information content (AvgIpc) is 3.24. The molecule has 3 N–H and O–H groups in total. The van der Waals surface area contributed by atoms with Crippen LogP contribution in [-0.4, -0.2) is 29.7 Å². The lowest BCUT2D eigenvalue weighted by Gasteiger charge is -2.12. The fourth-order valence-electron chi connectivity index (χ4n) is 2.99. The van der Waals surface area contributed by atoms with Crippen LogP contribution in [0.15, 0.2) is 64.7 Å². The monoisotopic (exact) mass is 505 g/mol. The molecular formula is C21H24IN5O2. The Morgan fingerprint density at radius 2 is 2.07 bits per heavy atom. The Kier molecular flexibility index (Phi) is 8.94. The van der Waals surface area contributed by atoms with Gasteiger partial charge in [0.15, 0.2) is 0 Å². The number of rotatable bonds is 7. The molecule has 0 bridgehead atoms. The summed E-state index contributed by atoms with van der Waals surface area (Å²) >= 11 is 0. The number of aliphatic imine (C=N–C) groups is 1. The summed E-state index contributed by atoms with van der Waals surface area (Å²) < 4.78 is 0. The minimum absolute atomic E-state index is 0. The van der Waals surface area contributed by atoms with E-state index in [-0.39, 0.29) is 34.6 Å². The molecule has 0 saturated heterocycles. The van der Waals surface area contributed by atoms with Gasteiger partial charge in [-0.1, -0.05) is 55.8 Å². The molecule has 29 heavy (non-hydrogen) atoms. The summed E-state index contributed by atoms with van der Waals surface area (Å²) in [7, 11) is 0. The van der Waals surface area contributed by atoms with Gasteiger partial charge in [-0.3, -0.25) is 15.4 Å². The van der Waals surface area contributed by atoms with Crippen LogP contribution in [0.5, 0.6) is 0 Å². The second kappa shape index (κ2) is 11.4. The Morgan fingerprint density at radius 1 is 1.28 bits per heavy atom. The molecule has 7 nitrogen and oxygen atoms in total. The highest BCUT2D eigenvalue weighted by atomic mass is 127. The van der Waals surface area contributed by atoms with Gasteiger partial charge in [0.25, 0.3) is 5.69 Å². The number of nitrogens with two attached hydrogens (primary N) is 1. The van der Waals surface area contributed by atoms with Gasteiger partial charge < -0.3 is 24.0 Å². The fraction of sp³-hybridized carbons (Fsp3) is 0.238. The van der Waals surface area contributed by atoms with E-state index >= 15 is 0 Å². The van der Waals surface area contributed by atoms with Crippen LogP contribution in [0.3, 0.4) is 0 Å². The highest BCUT2D eigenvalue weighted by Gasteiger charge is 2.14. The number of nitro groups is 1.